The van der Waals surface area contributed by atoms with Gasteiger partial charge in [0.2, 0.25) is 0 Å². The first kappa shape index (κ1) is 12.7. The molecule has 0 unspecified atom stereocenters. The van der Waals surface area contributed by atoms with Crippen LogP contribution in [0.2, 0.25) is 0 Å². The number of pyridine rings is 1. The number of benzene rings is 1. The van der Waals surface area contributed by atoms with Crippen LogP contribution in [0.1, 0.15) is 25.5 Å². The molecule has 0 aliphatic rings. The second-order valence-electron chi connectivity index (χ2n) is 5.32. The van der Waals surface area contributed by atoms with Crippen LogP contribution in [-0.2, 0) is 0 Å². The second kappa shape index (κ2) is 4.63. The smallest absolute Gasteiger partial charge is 0.160 e. The molecular formula is C16H18N4. The molecule has 0 spiro atoms. The molecule has 0 radical (unpaired) electrons. The summed E-state index contributed by atoms with van der Waals surface area (Å²) < 4.78 is 2.16. The summed E-state index contributed by atoms with van der Waals surface area (Å²) in [6.45, 7) is 6.36. The van der Waals surface area contributed by atoms with Gasteiger partial charge in [-0.25, -0.2) is 9.97 Å². The SMILES string of the molecule is Cc1ccc(N)cc1-c1nc2cccnc2n1C(C)C. The summed E-state index contributed by atoms with van der Waals surface area (Å²) >= 11 is 0. The van der Waals surface area contributed by atoms with Crippen molar-refractivity contribution in [3.63, 3.8) is 0 Å². The number of nitrogen functional groups attached to an aromatic ring is 1. The lowest BCUT2D eigenvalue weighted by Crippen LogP contribution is -2.05. The highest BCUT2D eigenvalue weighted by Gasteiger charge is 2.17. The van der Waals surface area contributed by atoms with Crippen LogP contribution in [0.3, 0.4) is 0 Å². The molecular weight excluding hydrogens is 248 g/mol. The Labute approximate surface area is 118 Å². The van der Waals surface area contributed by atoms with Crippen molar-refractivity contribution in [2.75, 3.05) is 5.73 Å². The fourth-order valence-corrected chi connectivity index (χ4v) is 2.49. The number of hydrogen-bond donors (Lipinski definition) is 1. The van der Waals surface area contributed by atoms with Crippen molar-refractivity contribution in [1.29, 1.82) is 0 Å². The van der Waals surface area contributed by atoms with Crippen molar-refractivity contribution in [2.24, 2.45) is 0 Å². The van der Waals surface area contributed by atoms with E-state index in [2.05, 4.69) is 30.3 Å². The van der Waals surface area contributed by atoms with Crippen LogP contribution >= 0.6 is 0 Å². The van der Waals surface area contributed by atoms with Gasteiger partial charge in [0.05, 0.1) is 0 Å². The van der Waals surface area contributed by atoms with Crippen LogP contribution in [0.5, 0.6) is 0 Å². The normalized spacial score (nSPS) is 11.4. The topological polar surface area (TPSA) is 56.7 Å². The van der Waals surface area contributed by atoms with E-state index in [1.165, 1.54) is 0 Å². The van der Waals surface area contributed by atoms with Crippen LogP contribution < -0.4 is 5.73 Å². The Morgan fingerprint density at radius 3 is 2.75 bits per heavy atom. The first-order valence-electron chi connectivity index (χ1n) is 6.77. The van der Waals surface area contributed by atoms with E-state index in [4.69, 9.17) is 10.7 Å². The van der Waals surface area contributed by atoms with Gasteiger partial charge in [-0.2, -0.15) is 0 Å². The largest absolute Gasteiger partial charge is 0.399 e. The molecule has 0 fully saturated rings. The summed E-state index contributed by atoms with van der Waals surface area (Å²) in [5.74, 6) is 0.929. The Kier molecular flexibility index (Phi) is 2.93. The van der Waals surface area contributed by atoms with Crippen LogP contribution in [-0.4, -0.2) is 14.5 Å². The maximum Gasteiger partial charge on any atom is 0.160 e. The third-order valence-corrected chi connectivity index (χ3v) is 3.47. The van der Waals surface area contributed by atoms with Crippen molar-refractivity contribution < 1.29 is 0 Å². The van der Waals surface area contributed by atoms with Crippen LogP contribution in [0.25, 0.3) is 22.6 Å². The van der Waals surface area contributed by atoms with Gasteiger partial charge in [0, 0.05) is 23.5 Å². The van der Waals surface area contributed by atoms with Crippen molar-refractivity contribution in [3.05, 3.63) is 42.1 Å². The number of rotatable bonds is 2. The van der Waals surface area contributed by atoms with Gasteiger partial charge >= 0.3 is 0 Å². The van der Waals surface area contributed by atoms with E-state index < -0.39 is 0 Å². The van der Waals surface area contributed by atoms with Gasteiger partial charge < -0.3 is 10.3 Å². The monoisotopic (exact) mass is 266 g/mol. The zero-order valence-electron chi connectivity index (χ0n) is 12.0. The zero-order valence-corrected chi connectivity index (χ0v) is 12.0. The van der Waals surface area contributed by atoms with Crippen molar-refractivity contribution in [1.82, 2.24) is 14.5 Å². The maximum atomic E-state index is 5.93. The molecule has 102 valence electrons. The van der Waals surface area contributed by atoms with E-state index in [0.717, 1.165) is 33.8 Å². The highest BCUT2D eigenvalue weighted by atomic mass is 15.1. The molecule has 0 saturated heterocycles. The molecule has 0 saturated carbocycles. The Hall–Kier alpha value is -2.36. The van der Waals surface area contributed by atoms with Gasteiger partial charge in [-0.3, -0.25) is 0 Å². The van der Waals surface area contributed by atoms with E-state index in [1.54, 1.807) is 6.20 Å². The third kappa shape index (κ3) is 1.93. The summed E-state index contributed by atoms with van der Waals surface area (Å²) in [6.07, 6.45) is 1.80. The van der Waals surface area contributed by atoms with Gasteiger partial charge in [-0.05, 0) is 50.6 Å². The molecule has 2 heterocycles. The van der Waals surface area contributed by atoms with Crippen LogP contribution in [0.4, 0.5) is 5.69 Å². The minimum Gasteiger partial charge on any atom is -0.399 e. The summed E-state index contributed by atoms with van der Waals surface area (Å²) in [5, 5.41) is 0. The number of aromatic nitrogens is 3. The first-order chi connectivity index (χ1) is 9.58. The molecule has 4 heteroatoms. The van der Waals surface area contributed by atoms with Gasteiger partial charge in [0.15, 0.2) is 5.65 Å². The molecule has 20 heavy (non-hydrogen) atoms. The lowest BCUT2D eigenvalue weighted by atomic mass is 10.1. The second-order valence-corrected chi connectivity index (χ2v) is 5.32. The van der Waals surface area contributed by atoms with Crippen molar-refractivity contribution in [2.45, 2.75) is 26.8 Å². The summed E-state index contributed by atoms with van der Waals surface area (Å²) in [4.78, 5) is 9.22. The minimum absolute atomic E-state index is 0.283. The van der Waals surface area contributed by atoms with Gasteiger partial charge in [-0.15, -0.1) is 0 Å². The Morgan fingerprint density at radius 1 is 1.20 bits per heavy atom. The average Bonchev–Trinajstić information content (AvgIpc) is 2.80. The minimum atomic E-state index is 0.283. The maximum absolute atomic E-state index is 5.93. The van der Waals surface area contributed by atoms with E-state index in [9.17, 15) is 0 Å². The molecule has 3 aromatic rings. The van der Waals surface area contributed by atoms with Crippen molar-refractivity contribution in [3.8, 4) is 11.4 Å². The number of aryl methyl sites for hydroxylation is 1. The number of imidazole rings is 1. The van der Waals surface area contributed by atoms with E-state index >= 15 is 0 Å². The van der Waals surface area contributed by atoms with Gasteiger partial charge in [0.25, 0.3) is 0 Å². The zero-order chi connectivity index (χ0) is 14.3. The molecule has 2 aromatic heterocycles. The van der Waals surface area contributed by atoms with Crippen LogP contribution in [0, 0.1) is 6.92 Å². The summed E-state index contributed by atoms with van der Waals surface area (Å²) in [6, 6.07) is 10.1. The Balaban J connectivity index is 2.35. The number of nitrogens with zero attached hydrogens (tertiary/aromatic N) is 3. The van der Waals surface area contributed by atoms with Crippen LogP contribution in [0.15, 0.2) is 36.5 Å². The highest BCUT2D eigenvalue weighted by Crippen LogP contribution is 2.30. The standard InChI is InChI=1S/C16H18N4/c1-10(2)20-15(13-9-12(17)7-6-11(13)3)19-14-5-4-8-18-16(14)20/h4-10H,17H2,1-3H3. The Bertz CT molecular complexity index is 771. The predicted octanol–water partition coefficient (Wildman–Crippen LogP) is 3.57. The quantitative estimate of drug-likeness (QED) is 0.721. The number of hydrogen-bond acceptors (Lipinski definition) is 3. The van der Waals surface area contributed by atoms with E-state index in [0.29, 0.717) is 0 Å². The fourth-order valence-electron chi connectivity index (χ4n) is 2.49. The summed E-state index contributed by atoms with van der Waals surface area (Å²) in [7, 11) is 0. The lowest BCUT2D eigenvalue weighted by Gasteiger charge is -2.14. The van der Waals surface area contributed by atoms with E-state index in [-0.39, 0.29) is 6.04 Å². The molecule has 4 nitrogen and oxygen atoms in total. The molecule has 0 aliphatic heterocycles. The molecule has 0 aliphatic carbocycles. The van der Waals surface area contributed by atoms with E-state index in [1.807, 2.05) is 30.3 Å². The Morgan fingerprint density at radius 2 is 2.00 bits per heavy atom. The average molecular weight is 266 g/mol. The van der Waals surface area contributed by atoms with Crippen molar-refractivity contribution >= 4 is 16.9 Å². The molecule has 0 bridgehead atoms. The molecule has 0 atom stereocenters. The third-order valence-electron chi connectivity index (χ3n) is 3.47. The number of fused-ring (bicyclic) bond motifs is 1. The molecule has 0 amide bonds. The number of nitrogens with two attached hydrogens (primary N) is 1. The lowest BCUT2D eigenvalue weighted by molar-refractivity contribution is 0.619. The molecule has 2 N–H and O–H groups in total. The predicted molar refractivity (Wildman–Crippen MR) is 82.5 cm³/mol. The fraction of sp³-hybridized carbons (Fsp3) is 0.250. The van der Waals surface area contributed by atoms with Gasteiger partial charge in [-0.1, -0.05) is 6.07 Å². The first-order valence-corrected chi connectivity index (χ1v) is 6.77. The molecule has 1 aromatic carbocycles. The highest BCUT2D eigenvalue weighted by molar-refractivity contribution is 5.79. The van der Waals surface area contributed by atoms with Gasteiger partial charge in [0.1, 0.15) is 11.3 Å². The summed E-state index contributed by atoms with van der Waals surface area (Å²) in [5.41, 5.74) is 10.7. The molecule has 3 rings (SSSR count). The number of anilines is 1.